The van der Waals surface area contributed by atoms with E-state index in [1.54, 1.807) is 30.3 Å². The third-order valence-corrected chi connectivity index (χ3v) is 5.16. The second-order valence-electron chi connectivity index (χ2n) is 6.80. The van der Waals surface area contributed by atoms with E-state index in [0.29, 0.717) is 28.8 Å². The van der Waals surface area contributed by atoms with Crippen molar-refractivity contribution in [2.75, 3.05) is 0 Å². The second-order valence-corrected chi connectivity index (χ2v) is 7.66. The first-order valence-electron chi connectivity index (χ1n) is 9.27. The van der Waals surface area contributed by atoms with Gasteiger partial charge in [0.25, 0.3) is 5.56 Å². The Morgan fingerprint density at radius 3 is 2.70 bits per heavy atom. The summed E-state index contributed by atoms with van der Waals surface area (Å²) in [6.45, 7) is 2.50. The molecule has 3 aromatic carbocycles. The number of rotatable bonds is 5. The first kappa shape index (κ1) is 19.8. The Hall–Kier alpha value is -3.45. The second kappa shape index (κ2) is 8.51. The van der Waals surface area contributed by atoms with Crippen LogP contribution in [-0.2, 0) is 6.61 Å². The number of aromatic nitrogens is 2. The van der Waals surface area contributed by atoms with Crippen LogP contribution in [-0.4, -0.2) is 15.9 Å². The molecule has 0 aliphatic rings. The highest BCUT2D eigenvalue weighted by Crippen LogP contribution is 2.26. The Bertz CT molecular complexity index is 1370. The van der Waals surface area contributed by atoms with E-state index in [0.717, 1.165) is 14.7 Å². The van der Waals surface area contributed by atoms with Crippen molar-refractivity contribution in [3.63, 3.8) is 0 Å². The largest absolute Gasteiger partial charge is 0.488 e. The number of nitrogens with one attached hydrogen (secondary N) is 1. The number of aromatic amines is 1. The molecule has 4 aromatic rings. The van der Waals surface area contributed by atoms with Gasteiger partial charge in [0.05, 0.1) is 21.6 Å². The van der Waals surface area contributed by atoms with Crippen molar-refractivity contribution in [2.45, 2.75) is 13.5 Å². The molecule has 0 bridgehead atoms. The van der Waals surface area contributed by atoms with Crippen LogP contribution in [0.2, 0.25) is 0 Å². The molecule has 6 nitrogen and oxygen atoms in total. The number of para-hydroxylation sites is 1. The quantitative estimate of drug-likeness (QED) is 0.450. The minimum Gasteiger partial charge on any atom is -0.488 e. The summed E-state index contributed by atoms with van der Waals surface area (Å²) in [6.07, 6.45) is 1.46. The predicted molar refractivity (Wildman–Crippen MR) is 121 cm³/mol. The molecule has 0 amide bonds. The van der Waals surface area contributed by atoms with Gasteiger partial charge in [0.15, 0.2) is 0 Å². The molecule has 4 rings (SSSR count). The van der Waals surface area contributed by atoms with E-state index >= 15 is 0 Å². The van der Waals surface area contributed by atoms with Crippen LogP contribution in [0.1, 0.15) is 16.7 Å². The van der Waals surface area contributed by atoms with E-state index in [9.17, 15) is 9.59 Å². The number of benzene rings is 3. The van der Waals surface area contributed by atoms with E-state index in [2.05, 4.69) is 32.1 Å². The highest BCUT2D eigenvalue weighted by molar-refractivity contribution is 9.10. The highest BCUT2D eigenvalue weighted by atomic mass is 79.9. The number of halogens is 1. The van der Waals surface area contributed by atoms with Gasteiger partial charge >= 0.3 is 5.69 Å². The summed E-state index contributed by atoms with van der Waals surface area (Å²) in [6, 6.07) is 20.4. The summed E-state index contributed by atoms with van der Waals surface area (Å²) in [5.74, 6) is 0.689. The highest BCUT2D eigenvalue weighted by Gasteiger charge is 2.06. The smallest absolute Gasteiger partial charge is 0.349 e. The van der Waals surface area contributed by atoms with Crippen molar-refractivity contribution in [1.29, 1.82) is 0 Å². The van der Waals surface area contributed by atoms with Gasteiger partial charge in [0.1, 0.15) is 12.4 Å². The number of nitrogens with zero attached hydrogens (tertiary/aromatic N) is 2. The summed E-state index contributed by atoms with van der Waals surface area (Å²) >= 11 is 3.50. The summed E-state index contributed by atoms with van der Waals surface area (Å²) in [5, 5.41) is 4.47. The average Bonchev–Trinajstić information content (AvgIpc) is 2.73. The Balaban J connectivity index is 1.55. The number of hydrogen-bond donors (Lipinski definition) is 1. The van der Waals surface area contributed by atoms with Crippen molar-refractivity contribution >= 4 is 33.0 Å². The molecule has 0 spiro atoms. The van der Waals surface area contributed by atoms with Gasteiger partial charge in [-0.25, -0.2) is 4.79 Å². The van der Waals surface area contributed by atoms with Crippen LogP contribution in [0.25, 0.3) is 10.9 Å². The number of ether oxygens (including phenoxy) is 1. The van der Waals surface area contributed by atoms with Crippen LogP contribution in [0.3, 0.4) is 0 Å². The third-order valence-electron chi connectivity index (χ3n) is 4.54. The van der Waals surface area contributed by atoms with Crippen molar-refractivity contribution in [3.8, 4) is 5.75 Å². The topological polar surface area (TPSA) is 76.5 Å². The zero-order valence-electron chi connectivity index (χ0n) is 16.1. The maximum Gasteiger partial charge on any atom is 0.349 e. The lowest BCUT2D eigenvalue weighted by molar-refractivity contribution is 0.304. The number of H-pyrrole nitrogens is 1. The predicted octanol–water partition coefficient (Wildman–Crippen LogP) is 4.22. The van der Waals surface area contributed by atoms with Crippen LogP contribution >= 0.6 is 15.9 Å². The molecule has 0 saturated carbocycles. The fourth-order valence-corrected chi connectivity index (χ4v) is 3.57. The normalized spacial score (nSPS) is 11.3. The van der Waals surface area contributed by atoms with E-state index in [-0.39, 0.29) is 0 Å². The van der Waals surface area contributed by atoms with Gasteiger partial charge in [-0.05, 0) is 64.3 Å². The SMILES string of the molecule is Cc1cccc(COc2ccc(C=Nn3c(=O)[nH]c4ccccc4c3=O)cc2Br)c1. The average molecular weight is 464 g/mol. The summed E-state index contributed by atoms with van der Waals surface area (Å²) in [7, 11) is 0. The molecule has 0 aliphatic carbocycles. The molecule has 1 aromatic heterocycles. The van der Waals surface area contributed by atoms with Gasteiger partial charge in [-0.3, -0.25) is 4.79 Å². The number of hydrogen-bond acceptors (Lipinski definition) is 4. The lowest BCUT2D eigenvalue weighted by Gasteiger charge is -2.09. The van der Waals surface area contributed by atoms with Gasteiger partial charge < -0.3 is 9.72 Å². The Kier molecular flexibility index (Phi) is 5.63. The zero-order chi connectivity index (χ0) is 21.1. The Morgan fingerprint density at radius 1 is 1.07 bits per heavy atom. The zero-order valence-corrected chi connectivity index (χ0v) is 17.7. The molecule has 0 fully saturated rings. The monoisotopic (exact) mass is 463 g/mol. The summed E-state index contributed by atoms with van der Waals surface area (Å²) < 4.78 is 7.45. The van der Waals surface area contributed by atoms with E-state index in [1.165, 1.54) is 11.8 Å². The molecular formula is C23H18BrN3O3. The van der Waals surface area contributed by atoms with Crippen molar-refractivity contribution in [1.82, 2.24) is 9.66 Å². The standard InChI is InChI=1S/C23H18BrN3O3/c1-15-5-4-6-17(11-15)14-30-21-10-9-16(12-19(21)24)13-25-27-22(28)18-7-2-3-8-20(18)26-23(27)29/h2-13H,14H2,1H3,(H,26,29). The molecule has 150 valence electrons. The fourth-order valence-electron chi connectivity index (χ4n) is 3.06. The van der Waals surface area contributed by atoms with Gasteiger partial charge in [-0.2, -0.15) is 5.10 Å². The molecule has 0 unspecified atom stereocenters. The minimum absolute atomic E-state index is 0.398. The third kappa shape index (κ3) is 4.26. The molecule has 30 heavy (non-hydrogen) atoms. The number of fused-ring (bicyclic) bond motifs is 1. The van der Waals surface area contributed by atoms with E-state index in [4.69, 9.17) is 4.74 Å². The van der Waals surface area contributed by atoms with Crippen molar-refractivity contribution in [2.24, 2.45) is 5.10 Å². The first-order chi connectivity index (χ1) is 14.5. The summed E-state index contributed by atoms with van der Waals surface area (Å²) in [5.41, 5.74) is 2.40. The Labute approximate surface area is 180 Å². The lowest BCUT2D eigenvalue weighted by atomic mass is 10.1. The van der Waals surface area contributed by atoms with E-state index in [1.807, 2.05) is 37.3 Å². The molecule has 0 atom stereocenters. The van der Waals surface area contributed by atoms with Crippen LogP contribution in [0.15, 0.2) is 85.9 Å². The molecular weight excluding hydrogens is 446 g/mol. The molecule has 0 aliphatic heterocycles. The van der Waals surface area contributed by atoms with Crippen molar-refractivity contribution in [3.05, 3.63) is 109 Å². The van der Waals surface area contributed by atoms with E-state index < -0.39 is 11.2 Å². The maximum atomic E-state index is 12.5. The van der Waals surface area contributed by atoms with Crippen molar-refractivity contribution < 1.29 is 4.74 Å². The van der Waals surface area contributed by atoms with Gasteiger partial charge in [0, 0.05) is 0 Å². The van der Waals surface area contributed by atoms with Crippen LogP contribution in [0, 0.1) is 6.92 Å². The molecule has 1 N–H and O–H groups in total. The Morgan fingerprint density at radius 2 is 1.90 bits per heavy atom. The lowest BCUT2D eigenvalue weighted by Crippen LogP contribution is -2.32. The van der Waals surface area contributed by atoms with Crippen LogP contribution in [0.5, 0.6) is 5.75 Å². The molecule has 1 heterocycles. The molecule has 0 radical (unpaired) electrons. The molecule has 0 saturated heterocycles. The minimum atomic E-state index is -0.591. The number of aryl methyl sites for hydroxylation is 1. The molecule has 7 heteroatoms. The maximum absolute atomic E-state index is 12.5. The fraction of sp³-hybridized carbons (Fsp3) is 0.0870. The first-order valence-corrected chi connectivity index (χ1v) is 10.1. The van der Waals surface area contributed by atoms with Gasteiger partial charge in [-0.15, -0.1) is 4.68 Å². The van der Waals surface area contributed by atoms with Gasteiger partial charge in [0.2, 0.25) is 0 Å². The van der Waals surface area contributed by atoms with Crippen LogP contribution < -0.4 is 16.0 Å². The van der Waals surface area contributed by atoms with Crippen LogP contribution in [0.4, 0.5) is 0 Å². The summed E-state index contributed by atoms with van der Waals surface area (Å²) in [4.78, 5) is 27.4. The van der Waals surface area contributed by atoms with Gasteiger partial charge in [-0.1, -0.05) is 42.0 Å².